The summed E-state index contributed by atoms with van der Waals surface area (Å²) in [6.45, 7) is 8.79. The van der Waals surface area contributed by atoms with Crippen LogP contribution in [0.4, 0.5) is 0 Å². The Bertz CT molecular complexity index is 343. The number of pyridine rings is 1. The summed E-state index contributed by atoms with van der Waals surface area (Å²) < 4.78 is 0. The Morgan fingerprint density at radius 3 is 2.82 bits per heavy atom. The van der Waals surface area contributed by atoms with E-state index in [-0.39, 0.29) is 0 Å². The zero-order chi connectivity index (χ0) is 12.5. The monoisotopic (exact) mass is 232 g/mol. The van der Waals surface area contributed by atoms with Crippen LogP contribution in [-0.2, 0) is 6.42 Å². The van der Waals surface area contributed by atoms with Crippen molar-refractivity contribution >= 4 is 6.08 Å². The fraction of sp³-hybridized carbons (Fsp3) is 0.533. The molecule has 2 rings (SSSR count). The lowest BCUT2D eigenvalue weighted by molar-refractivity contribution is 0.566. The van der Waals surface area contributed by atoms with Crippen molar-refractivity contribution in [2.75, 3.05) is 13.1 Å². The molecular weight excluding hydrogens is 208 g/mol. The minimum atomic E-state index is 0.792. The first-order valence-corrected chi connectivity index (χ1v) is 6.54. The molecule has 0 saturated heterocycles. The van der Waals surface area contributed by atoms with Gasteiger partial charge in [0.05, 0.1) is 0 Å². The van der Waals surface area contributed by atoms with E-state index in [1.165, 1.54) is 17.5 Å². The number of fused-ring (bicyclic) bond motifs is 1. The Hall–Kier alpha value is -1.15. The van der Waals surface area contributed by atoms with Crippen molar-refractivity contribution in [2.45, 2.75) is 33.6 Å². The molecule has 1 heterocycles. The van der Waals surface area contributed by atoms with Crippen LogP contribution in [0.1, 0.15) is 38.3 Å². The van der Waals surface area contributed by atoms with E-state index in [0.29, 0.717) is 0 Å². The van der Waals surface area contributed by atoms with Gasteiger partial charge in [0.25, 0.3) is 0 Å². The zero-order valence-electron chi connectivity index (χ0n) is 11.2. The van der Waals surface area contributed by atoms with Gasteiger partial charge >= 0.3 is 0 Å². The Kier molecular flexibility index (Phi) is 6.56. The molecule has 0 amide bonds. The molecule has 0 atom stereocenters. The summed E-state index contributed by atoms with van der Waals surface area (Å²) in [4.78, 5) is 4.06. The number of hydrogen-bond donors (Lipinski definition) is 1. The lowest BCUT2D eigenvalue weighted by atomic mass is 10.0. The molecule has 0 bridgehead atoms. The molecule has 1 aromatic heterocycles. The number of rotatable bonds is 3. The van der Waals surface area contributed by atoms with Crippen LogP contribution < -0.4 is 5.32 Å². The zero-order valence-corrected chi connectivity index (χ0v) is 11.2. The maximum atomic E-state index is 4.06. The van der Waals surface area contributed by atoms with E-state index in [2.05, 4.69) is 49.3 Å². The molecule has 0 fully saturated rings. The highest BCUT2D eigenvalue weighted by atomic mass is 14.8. The first kappa shape index (κ1) is 13.9. The summed E-state index contributed by atoms with van der Waals surface area (Å²) in [6.07, 6.45) is 10.5. The summed E-state index contributed by atoms with van der Waals surface area (Å²) in [5.41, 5.74) is 2.71. The van der Waals surface area contributed by atoms with E-state index in [1.54, 1.807) is 0 Å². The maximum absolute atomic E-state index is 4.06. The Balaban J connectivity index is 0.000000185. The molecule has 2 heteroatoms. The van der Waals surface area contributed by atoms with Gasteiger partial charge in [0.1, 0.15) is 0 Å². The fourth-order valence-electron chi connectivity index (χ4n) is 1.69. The van der Waals surface area contributed by atoms with Crippen LogP contribution in [0.5, 0.6) is 0 Å². The van der Waals surface area contributed by atoms with Gasteiger partial charge in [-0.1, -0.05) is 32.9 Å². The maximum Gasteiger partial charge on any atom is 0.0305 e. The fourth-order valence-corrected chi connectivity index (χ4v) is 1.69. The highest BCUT2D eigenvalue weighted by molar-refractivity contribution is 5.54. The smallest absolute Gasteiger partial charge is 0.0305 e. The summed E-state index contributed by atoms with van der Waals surface area (Å²) in [7, 11) is 0. The Morgan fingerprint density at radius 2 is 2.24 bits per heavy atom. The highest BCUT2D eigenvalue weighted by Crippen LogP contribution is 2.16. The van der Waals surface area contributed by atoms with Gasteiger partial charge in [-0.2, -0.15) is 0 Å². The highest BCUT2D eigenvalue weighted by Gasteiger charge is 2.01. The molecule has 1 aromatic rings. The standard InChI is InChI=1S/C9H9N.C6H15N/c1-2-4-9-7-10-6-5-8(9)3-1;1-4-7-5-6(2)3/h1,3,5-7H,2,4H2;6-7H,4-5H2,1-3H3. The molecule has 94 valence electrons. The molecule has 0 radical (unpaired) electrons. The van der Waals surface area contributed by atoms with E-state index >= 15 is 0 Å². The van der Waals surface area contributed by atoms with Gasteiger partial charge in [-0.05, 0) is 49.0 Å². The van der Waals surface area contributed by atoms with Crippen LogP contribution in [0, 0.1) is 5.92 Å². The van der Waals surface area contributed by atoms with E-state index in [4.69, 9.17) is 0 Å². The first-order chi connectivity index (χ1) is 8.24. The van der Waals surface area contributed by atoms with Crippen LogP contribution in [0.15, 0.2) is 24.5 Å². The molecule has 0 aliphatic heterocycles. The van der Waals surface area contributed by atoms with E-state index in [0.717, 1.165) is 25.4 Å². The van der Waals surface area contributed by atoms with Gasteiger partial charge < -0.3 is 5.32 Å². The summed E-state index contributed by atoms with van der Waals surface area (Å²) >= 11 is 0. The predicted molar refractivity (Wildman–Crippen MR) is 75.0 cm³/mol. The Labute approximate surface area is 105 Å². The average Bonchev–Trinajstić information content (AvgIpc) is 2.37. The third kappa shape index (κ3) is 5.64. The molecule has 2 nitrogen and oxygen atoms in total. The number of allylic oxidation sites excluding steroid dienone is 1. The predicted octanol–water partition coefficient (Wildman–Crippen LogP) is 3.29. The van der Waals surface area contributed by atoms with Crippen molar-refractivity contribution in [3.05, 3.63) is 35.7 Å². The molecular formula is C15H24N2. The normalized spacial score (nSPS) is 12.9. The van der Waals surface area contributed by atoms with E-state index in [1.807, 2.05) is 12.4 Å². The molecule has 0 unspecified atom stereocenters. The van der Waals surface area contributed by atoms with Crippen LogP contribution in [-0.4, -0.2) is 18.1 Å². The molecule has 0 spiro atoms. The molecule has 0 aromatic carbocycles. The summed E-state index contributed by atoms with van der Waals surface area (Å²) in [5, 5.41) is 3.25. The minimum absolute atomic E-state index is 0.792. The van der Waals surface area contributed by atoms with Gasteiger partial charge in [-0.15, -0.1) is 0 Å². The minimum Gasteiger partial charge on any atom is -0.317 e. The van der Waals surface area contributed by atoms with Crippen molar-refractivity contribution in [3.8, 4) is 0 Å². The third-order valence-electron chi connectivity index (χ3n) is 2.62. The second-order valence-corrected chi connectivity index (χ2v) is 4.72. The van der Waals surface area contributed by atoms with Gasteiger partial charge in [0.15, 0.2) is 0 Å². The Morgan fingerprint density at radius 1 is 1.41 bits per heavy atom. The van der Waals surface area contributed by atoms with Crippen molar-refractivity contribution in [1.82, 2.24) is 10.3 Å². The molecule has 17 heavy (non-hydrogen) atoms. The second kappa shape index (κ2) is 8.02. The van der Waals surface area contributed by atoms with Crippen molar-refractivity contribution in [1.29, 1.82) is 0 Å². The molecule has 0 saturated carbocycles. The second-order valence-electron chi connectivity index (χ2n) is 4.72. The van der Waals surface area contributed by atoms with Crippen LogP contribution in [0.3, 0.4) is 0 Å². The van der Waals surface area contributed by atoms with Crippen LogP contribution in [0.25, 0.3) is 6.08 Å². The quantitative estimate of drug-likeness (QED) is 0.865. The lowest BCUT2D eigenvalue weighted by Gasteiger charge is -2.07. The number of nitrogens with zero attached hydrogens (tertiary/aromatic N) is 1. The van der Waals surface area contributed by atoms with Gasteiger partial charge in [-0.3, -0.25) is 4.98 Å². The van der Waals surface area contributed by atoms with Crippen LogP contribution in [0.2, 0.25) is 0 Å². The number of hydrogen-bond acceptors (Lipinski definition) is 2. The summed E-state index contributed by atoms with van der Waals surface area (Å²) in [5.74, 6) is 0.792. The van der Waals surface area contributed by atoms with E-state index in [9.17, 15) is 0 Å². The van der Waals surface area contributed by atoms with Crippen LogP contribution >= 0.6 is 0 Å². The number of nitrogens with one attached hydrogen (secondary N) is 1. The van der Waals surface area contributed by atoms with E-state index < -0.39 is 0 Å². The average molecular weight is 232 g/mol. The van der Waals surface area contributed by atoms with Gasteiger partial charge in [-0.25, -0.2) is 0 Å². The van der Waals surface area contributed by atoms with Gasteiger partial charge in [0, 0.05) is 12.4 Å². The molecule has 1 N–H and O–H groups in total. The topological polar surface area (TPSA) is 24.9 Å². The first-order valence-electron chi connectivity index (χ1n) is 6.54. The summed E-state index contributed by atoms with van der Waals surface area (Å²) in [6, 6.07) is 2.06. The van der Waals surface area contributed by atoms with Crippen molar-refractivity contribution < 1.29 is 0 Å². The van der Waals surface area contributed by atoms with Crippen molar-refractivity contribution in [2.24, 2.45) is 5.92 Å². The largest absolute Gasteiger partial charge is 0.317 e. The van der Waals surface area contributed by atoms with Gasteiger partial charge in [0.2, 0.25) is 0 Å². The molecule has 1 aliphatic rings. The number of aryl methyl sites for hydroxylation is 1. The SMILES string of the molecule is C1=Cc2ccncc2CC1.CCNCC(C)C. The third-order valence-corrected chi connectivity index (χ3v) is 2.62. The van der Waals surface area contributed by atoms with Crippen molar-refractivity contribution in [3.63, 3.8) is 0 Å². The molecule has 1 aliphatic carbocycles. The lowest BCUT2D eigenvalue weighted by Crippen LogP contribution is -2.18. The number of aromatic nitrogens is 1.